The standard InChI is InChI=1S/C12H19ClN2O/c1-9(2)16-8-7-15(3)11-6-4-5-10(13)12(11)14/h4-6,9H,7-8,14H2,1-3H3. The van der Waals surface area contributed by atoms with Crippen LogP contribution in [-0.4, -0.2) is 26.3 Å². The molecular weight excluding hydrogens is 224 g/mol. The van der Waals surface area contributed by atoms with E-state index >= 15 is 0 Å². The second kappa shape index (κ2) is 5.97. The average molecular weight is 243 g/mol. The lowest BCUT2D eigenvalue weighted by molar-refractivity contribution is 0.0846. The molecule has 0 amide bonds. The lowest BCUT2D eigenvalue weighted by atomic mass is 10.2. The van der Waals surface area contributed by atoms with Gasteiger partial charge in [0.15, 0.2) is 0 Å². The van der Waals surface area contributed by atoms with E-state index in [1.165, 1.54) is 0 Å². The van der Waals surface area contributed by atoms with Gasteiger partial charge in [-0.15, -0.1) is 0 Å². The van der Waals surface area contributed by atoms with Gasteiger partial charge in [0, 0.05) is 13.6 Å². The van der Waals surface area contributed by atoms with Crippen molar-refractivity contribution in [3.05, 3.63) is 23.2 Å². The van der Waals surface area contributed by atoms with Crippen LogP contribution in [0.5, 0.6) is 0 Å². The topological polar surface area (TPSA) is 38.5 Å². The van der Waals surface area contributed by atoms with Gasteiger partial charge < -0.3 is 15.4 Å². The van der Waals surface area contributed by atoms with Crippen LogP contribution in [0.3, 0.4) is 0 Å². The Balaban J connectivity index is 2.59. The Bertz CT molecular complexity index is 342. The maximum Gasteiger partial charge on any atom is 0.0741 e. The maximum absolute atomic E-state index is 5.96. The molecule has 1 aromatic carbocycles. The summed E-state index contributed by atoms with van der Waals surface area (Å²) in [7, 11) is 1.98. The third-order valence-corrected chi connectivity index (χ3v) is 2.65. The van der Waals surface area contributed by atoms with Crippen molar-refractivity contribution in [1.29, 1.82) is 0 Å². The molecule has 0 saturated carbocycles. The molecule has 0 saturated heterocycles. The van der Waals surface area contributed by atoms with Crippen molar-refractivity contribution in [3.63, 3.8) is 0 Å². The highest BCUT2D eigenvalue weighted by molar-refractivity contribution is 6.33. The number of nitrogen functional groups attached to an aromatic ring is 1. The van der Waals surface area contributed by atoms with Crippen molar-refractivity contribution < 1.29 is 4.74 Å². The Morgan fingerprint density at radius 2 is 2.12 bits per heavy atom. The summed E-state index contributed by atoms with van der Waals surface area (Å²) in [6.45, 7) is 5.52. The van der Waals surface area contributed by atoms with Crippen molar-refractivity contribution in [1.82, 2.24) is 0 Å². The highest BCUT2D eigenvalue weighted by Crippen LogP contribution is 2.28. The number of anilines is 2. The summed E-state index contributed by atoms with van der Waals surface area (Å²) < 4.78 is 5.49. The summed E-state index contributed by atoms with van der Waals surface area (Å²) in [5, 5.41) is 0.592. The van der Waals surface area contributed by atoms with Gasteiger partial charge in [0.1, 0.15) is 0 Å². The van der Waals surface area contributed by atoms with E-state index in [0.29, 0.717) is 17.3 Å². The Labute approximate surface area is 102 Å². The van der Waals surface area contributed by atoms with Crippen molar-refractivity contribution in [2.24, 2.45) is 0 Å². The smallest absolute Gasteiger partial charge is 0.0741 e. The zero-order valence-corrected chi connectivity index (χ0v) is 10.8. The van der Waals surface area contributed by atoms with Crippen LogP contribution in [-0.2, 0) is 4.74 Å². The summed E-state index contributed by atoms with van der Waals surface area (Å²) in [6.07, 6.45) is 0.255. The van der Waals surface area contributed by atoms with E-state index in [1.807, 2.05) is 37.9 Å². The van der Waals surface area contributed by atoms with E-state index in [-0.39, 0.29) is 6.10 Å². The number of benzene rings is 1. The van der Waals surface area contributed by atoms with Gasteiger partial charge in [-0.2, -0.15) is 0 Å². The van der Waals surface area contributed by atoms with E-state index in [9.17, 15) is 0 Å². The molecule has 0 radical (unpaired) electrons. The predicted molar refractivity (Wildman–Crippen MR) is 70.2 cm³/mol. The highest BCUT2D eigenvalue weighted by Gasteiger charge is 2.07. The van der Waals surface area contributed by atoms with E-state index in [0.717, 1.165) is 12.2 Å². The molecule has 1 rings (SSSR count). The largest absolute Gasteiger partial charge is 0.396 e. The number of hydrogen-bond donors (Lipinski definition) is 1. The fourth-order valence-corrected chi connectivity index (χ4v) is 1.57. The first-order valence-corrected chi connectivity index (χ1v) is 5.77. The van der Waals surface area contributed by atoms with Crippen LogP contribution in [0.2, 0.25) is 5.02 Å². The van der Waals surface area contributed by atoms with E-state index < -0.39 is 0 Å². The van der Waals surface area contributed by atoms with E-state index in [1.54, 1.807) is 6.07 Å². The lowest BCUT2D eigenvalue weighted by Crippen LogP contribution is -2.24. The molecule has 3 nitrogen and oxygen atoms in total. The van der Waals surface area contributed by atoms with Gasteiger partial charge in [-0.05, 0) is 26.0 Å². The van der Waals surface area contributed by atoms with Gasteiger partial charge in [-0.25, -0.2) is 0 Å². The van der Waals surface area contributed by atoms with E-state index in [2.05, 4.69) is 0 Å². The third-order valence-electron chi connectivity index (χ3n) is 2.32. The van der Waals surface area contributed by atoms with Crippen molar-refractivity contribution in [3.8, 4) is 0 Å². The number of nitrogens with zero attached hydrogens (tertiary/aromatic N) is 1. The maximum atomic E-state index is 5.96. The fourth-order valence-electron chi connectivity index (χ4n) is 1.40. The molecular formula is C12H19ClN2O. The van der Waals surface area contributed by atoms with Gasteiger partial charge in [-0.3, -0.25) is 0 Å². The predicted octanol–water partition coefficient (Wildman–Crippen LogP) is 2.78. The highest BCUT2D eigenvalue weighted by atomic mass is 35.5. The Morgan fingerprint density at radius 1 is 1.44 bits per heavy atom. The molecule has 90 valence electrons. The zero-order valence-electron chi connectivity index (χ0n) is 10.0. The van der Waals surface area contributed by atoms with Crippen molar-refractivity contribution in [2.45, 2.75) is 20.0 Å². The second-order valence-electron chi connectivity index (χ2n) is 4.01. The molecule has 0 aromatic heterocycles. The zero-order chi connectivity index (χ0) is 12.1. The number of rotatable bonds is 5. The number of hydrogen-bond acceptors (Lipinski definition) is 3. The van der Waals surface area contributed by atoms with Gasteiger partial charge in [-0.1, -0.05) is 17.7 Å². The molecule has 0 aliphatic rings. The first-order valence-electron chi connectivity index (χ1n) is 5.39. The number of nitrogens with two attached hydrogens (primary N) is 1. The summed E-state index contributed by atoms with van der Waals surface area (Å²) in [6, 6.07) is 5.64. The first-order chi connectivity index (χ1) is 7.52. The monoisotopic (exact) mass is 242 g/mol. The molecule has 2 N–H and O–H groups in total. The van der Waals surface area contributed by atoms with Crippen molar-refractivity contribution >= 4 is 23.0 Å². The Morgan fingerprint density at radius 3 is 2.75 bits per heavy atom. The van der Waals surface area contributed by atoms with Crippen molar-refractivity contribution in [2.75, 3.05) is 30.8 Å². The van der Waals surface area contributed by atoms with Crippen LogP contribution < -0.4 is 10.6 Å². The van der Waals surface area contributed by atoms with Gasteiger partial charge in [0.2, 0.25) is 0 Å². The molecule has 0 heterocycles. The summed E-state index contributed by atoms with van der Waals surface area (Å²) >= 11 is 5.96. The normalized spacial score (nSPS) is 10.8. The molecule has 0 aliphatic heterocycles. The molecule has 0 aliphatic carbocycles. The third kappa shape index (κ3) is 3.58. The number of likely N-dealkylation sites (N-methyl/N-ethyl adjacent to an activating group) is 1. The van der Waals surface area contributed by atoms with Gasteiger partial charge >= 0.3 is 0 Å². The SMILES string of the molecule is CC(C)OCCN(C)c1cccc(Cl)c1N. The quantitative estimate of drug-likeness (QED) is 0.807. The number of ether oxygens (including phenoxy) is 1. The second-order valence-corrected chi connectivity index (χ2v) is 4.42. The summed E-state index contributed by atoms with van der Waals surface area (Å²) in [4.78, 5) is 2.05. The summed E-state index contributed by atoms with van der Waals surface area (Å²) in [5.41, 5.74) is 7.47. The minimum Gasteiger partial charge on any atom is -0.396 e. The van der Waals surface area contributed by atoms with Crippen LogP contribution in [0, 0.1) is 0 Å². The van der Waals surface area contributed by atoms with Crippen LogP contribution in [0.1, 0.15) is 13.8 Å². The van der Waals surface area contributed by atoms with Crippen LogP contribution in [0.15, 0.2) is 18.2 Å². The first kappa shape index (κ1) is 13.1. The minimum atomic E-state index is 0.255. The summed E-state index contributed by atoms with van der Waals surface area (Å²) in [5.74, 6) is 0. The fraction of sp³-hybridized carbons (Fsp3) is 0.500. The molecule has 16 heavy (non-hydrogen) atoms. The molecule has 0 spiro atoms. The molecule has 0 fully saturated rings. The lowest BCUT2D eigenvalue weighted by Gasteiger charge is -2.22. The van der Waals surface area contributed by atoms with Gasteiger partial charge in [0.25, 0.3) is 0 Å². The number of para-hydroxylation sites is 1. The Hall–Kier alpha value is -0.930. The molecule has 0 unspecified atom stereocenters. The number of halogens is 1. The van der Waals surface area contributed by atoms with Crippen LogP contribution in [0.4, 0.5) is 11.4 Å². The molecule has 0 atom stereocenters. The van der Waals surface area contributed by atoms with Crippen LogP contribution in [0.25, 0.3) is 0 Å². The Kier molecular flexibility index (Phi) is 4.90. The van der Waals surface area contributed by atoms with Gasteiger partial charge in [0.05, 0.1) is 29.1 Å². The average Bonchev–Trinajstić information content (AvgIpc) is 2.21. The molecule has 0 bridgehead atoms. The minimum absolute atomic E-state index is 0.255. The van der Waals surface area contributed by atoms with E-state index in [4.69, 9.17) is 22.1 Å². The molecule has 4 heteroatoms. The van der Waals surface area contributed by atoms with Crippen LogP contribution >= 0.6 is 11.6 Å². The molecule has 1 aromatic rings.